The highest BCUT2D eigenvalue weighted by Gasteiger charge is 2.00. The number of hydrogen-bond acceptors (Lipinski definition) is 2. The minimum absolute atomic E-state index is 0.594. The summed E-state index contributed by atoms with van der Waals surface area (Å²) < 4.78 is 22.3. The zero-order valence-corrected chi connectivity index (χ0v) is 10.7. The summed E-state index contributed by atoms with van der Waals surface area (Å²) in [5.74, 6) is 1.91. The zero-order valence-electron chi connectivity index (χ0n) is 9.06. The largest absolute Gasteiger partial charge is 0.260 e. The van der Waals surface area contributed by atoms with Crippen LogP contribution in [0.1, 0.15) is 18.1 Å². The molecule has 0 radical (unpaired) electrons. The molecule has 0 saturated carbocycles. The van der Waals surface area contributed by atoms with Gasteiger partial charge in [0.2, 0.25) is 0 Å². The second-order valence-corrected chi connectivity index (χ2v) is 6.59. The maximum Gasteiger partial charge on any atom is 0.0485 e. The molecule has 2 atom stereocenters. The fourth-order valence-electron chi connectivity index (χ4n) is 1.25. The minimum Gasteiger partial charge on any atom is -0.260 e. The van der Waals surface area contributed by atoms with Crippen molar-refractivity contribution in [2.24, 2.45) is 0 Å². The van der Waals surface area contributed by atoms with Gasteiger partial charge in [0.15, 0.2) is 0 Å². The van der Waals surface area contributed by atoms with Crippen LogP contribution in [-0.4, -0.2) is 20.4 Å². The van der Waals surface area contributed by atoms with Gasteiger partial charge in [-0.15, -0.1) is 0 Å². The molecule has 0 fully saturated rings. The Morgan fingerprint density at radius 3 is 1.87 bits per heavy atom. The molecular weight excluding hydrogens is 228 g/mol. The number of benzene rings is 1. The summed E-state index contributed by atoms with van der Waals surface area (Å²) in [6.07, 6.45) is 1.69. The van der Waals surface area contributed by atoms with E-state index in [9.17, 15) is 8.42 Å². The second kappa shape index (κ2) is 6.18. The summed E-state index contributed by atoms with van der Waals surface area (Å²) in [5.41, 5.74) is 2.16. The van der Waals surface area contributed by atoms with Crippen LogP contribution in [0, 0.1) is 0 Å². The van der Waals surface area contributed by atoms with E-state index in [1.165, 1.54) is 0 Å². The lowest BCUT2D eigenvalue weighted by molar-refractivity contribution is 0.683. The summed E-state index contributed by atoms with van der Waals surface area (Å²) in [5, 5.41) is 0. The summed E-state index contributed by atoms with van der Waals surface area (Å²) in [6.45, 7) is 1.92. The van der Waals surface area contributed by atoms with Crippen molar-refractivity contribution in [1.82, 2.24) is 0 Å². The molecular formula is C11H16O2S2. The Morgan fingerprint density at radius 2 is 1.47 bits per heavy atom. The fraction of sp³-hybridized carbons (Fsp3) is 0.455. The van der Waals surface area contributed by atoms with E-state index in [2.05, 4.69) is 0 Å². The highest BCUT2D eigenvalue weighted by Crippen LogP contribution is 2.08. The third-order valence-electron chi connectivity index (χ3n) is 2.04. The molecule has 2 nitrogen and oxygen atoms in total. The predicted octanol–water partition coefficient (Wildman–Crippen LogP) is 1.83. The van der Waals surface area contributed by atoms with Crippen molar-refractivity contribution in [2.75, 3.05) is 12.0 Å². The Kier molecular flexibility index (Phi) is 5.19. The van der Waals surface area contributed by atoms with Gasteiger partial charge in [0, 0.05) is 45.1 Å². The van der Waals surface area contributed by atoms with Gasteiger partial charge in [0.25, 0.3) is 0 Å². The van der Waals surface area contributed by atoms with Crippen molar-refractivity contribution in [3.63, 3.8) is 0 Å². The normalized spacial score (nSPS) is 14.8. The zero-order chi connectivity index (χ0) is 11.3. The molecule has 2 unspecified atom stereocenters. The van der Waals surface area contributed by atoms with E-state index in [1.807, 2.05) is 31.2 Å². The molecule has 1 aromatic carbocycles. The van der Waals surface area contributed by atoms with E-state index in [-0.39, 0.29) is 0 Å². The quantitative estimate of drug-likeness (QED) is 0.792. The van der Waals surface area contributed by atoms with Gasteiger partial charge < -0.3 is 0 Å². The highest BCUT2D eigenvalue weighted by atomic mass is 32.2. The third-order valence-corrected chi connectivity index (χ3v) is 4.08. The molecule has 84 valence electrons. The van der Waals surface area contributed by atoms with Gasteiger partial charge in [-0.05, 0) is 11.1 Å². The van der Waals surface area contributed by atoms with Crippen LogP contribution >= 0.6 is 0 Å². The Bertz CT molecular complexity index is 357. The molecule has 0 aliphatic heterocycles. The summed E-state index contributed by atoms with van der Waals surface area (Å²) in [7, 11) is -1.55. The van der Waals surface area contributed by atoms with Gasteiger partial charge >= 0.3 is 0 Å². The van der Waals surface area contributed by atoms with Crippen LogP contribution in [-0.2, 0) is 33.1 Å². The monoisotopic (exact) mass is 244 g/mol. The Balaban J connectivity index is 2.64. The van der Waals surface area contributed by atoms with Crippen LogP contribution in [0.3, 0.4) is 0 Å². The van der Waals surface area contributed by atoms with Crippen LogP contribution in [0.2, 0.25) is 0 Å². The fourth-order valence-corrected chi connectivity index (χ4v) is 2.68. The molecule has 0 saturated heterocycles. The number of rotatable bonds is 5. The van der Waals surface area contributed by atoms with Crippen molar-refractivity contribution >= 4 is 21.6 Å². The molecule has 1 rings (SSSR count). The van der Waals surface area contributed by atoms with E-state index in [1.54, 1.807) is 6.26 Å². The maximum atomic E-state index is 11.3. The van der Waals surface area contributed by atoms with E-state index in [0.29, 0.717) is 17.3 Å². The van der Waals surface area contributed by atoms with Crippen LogP contribution in [0.15, 0.2) is 24.3 Å². The van der Waals surface area contributed by atoms with Crippen LogP contribution in [0.25, 0.3) is 0 Å². The van der Waals surface area contributed by atoms with Crippen molar-refractivity contribution in [2.45, 2.75) is 18.4 Å². The van der Waals surface area contributed by atoms with Crippen LogP contribution in [0.4, 0.5) is 0 Å². The molecule has 0 aliphatic rings. The van der Waals surface area contributed by atoms with Gasteiger partial charge in [-0.2, -0.15) is 0 Å². The first-order valence-corrected chi connectivity index (χ1v) is 8.06. The Morgan fingerprint density at radius 1 is 1.00 bits per heavy atom. The van der Waals surface area contributed by atoms with Crippen LogP contribution in [0.5, 0.6) is 0 Å². The average Bonchev–Trinajstić information content (AvgIpc) is 2.20. The summed E-state index contributed by atoms with van der Waals surface area (Å²) >= 11 is 0. The summed E-state index contributed by atoms with van der Waals surface area (Å²) in [4.78, 5) is 0. The lowest BCUT2D eigenvalue weighted by Crippen LogP contribution is -1.98. The third kappa shape index (κ3) is 4.71. The maximum absolute atomic E-state index is 11.3. The van der Waals surface area contributed by atoms with Gasteiger partial charge in [-0.25, -0.2) is 0 Å². The molecule has 0 aliphatic carbocycles. The molecule has 4 heteroatoms. The Labute approximate surface area is 96.0 Å². The highest BCUT2D eigenvalue weighted by molar-refractivity contribution is 7.84. The predicted molar refractivity (Wildman–Crippen MR) is 66.6 cm³/mol. The SMILES string of the molecule is CCS(=O)Cc1ccc(CS(C)=O)cc1. The number of hydrogen-bond donors (Lipinski definition) is 0. The molecule has 0 bridgehead atoms. The van der Waals surface area contributed by atoms with E-state index < -0.39 is 21.6 Å². The van der Waals surface area contributed by atoms with Crippen molar-refractivity contribution in [3.8, 4) is 0 Å². The second-order valence-electron chi connectivity index (χ2n) is 3.41. The lowest BCUT2D eigenvalue weighted by Gasteiger charge is -2.02. The first kappa shape index (κ1) is 12.6. The van der Waals surface area contributed by atoms with E-state index >= 15 is 0 Å². The van der Waals surface area contributed by atoms with Gasteiger partial charge in [-0.3, -0.25) is 8.42 Å². The van der Waals surface area contributed by atoms with Gasteiger partial charge in [0.1, 0.15) is 0 Å². The topological polar surface area (TPSA) is 34.1 Å². The summed E-state index contributed by atoms with van der Waals surface area (Å²) in [6, 6.07) is 7.86. The Hall–Kier alpha value is -0.480. The van der Waals surface area contributed by atoms with Gasteiger partial charge in [0.05, 0.1) is 0 Å². The van der Waals surface area contributed by atoms with Crippen molar-refractivity contribution < 1.29 is 8.42 Å². The average molecular weight is 244 g/mol. The molecule has 0 N–H and O–H groups in total. The van der Waals surface area contributed by atoms with Crippen molar-refractivity contribution in [1.29, 1.82) is 0 Å². The smallest absolute Gasteiger partial charge is 0.0485 e. The van der Waals surface area contributed by atoms with E-state index in [4.69, 9.17) is 0 Å². The molecule has 15 heavy (non-hydrogen) atoms. The molecule has 0 amide bonds. The van der Waals surface area contributed by atoms with Crippen molar-refractivity contribution in [3.05, 3.63) is 35.4 Å². The molecule has 1 aromatic rings. The molecule has 0 heterocycles. The van der Waals surface area contributed by atoms with E-state index in [0.717, 1.165) is 11.1 Å². The standard InChI is InChI=1S/C11H16O2S2/c1-3-15(13)9-11-6-4-10(5-7-11)8-14(2)12/h4-7H,3,8-9H2,1-2H3. The molecule has 0 aromatic heterocycles. The van der Waals surface area contributed by atoms with Crippen LogP contribution < -0.4 is 0 Å². The minimum atomic E-state index is -0.795. The molecule has 0 spiro atoms. The first-order chi connectivity index (χ1) is 7.11. The van der Waals surface area contributed by atoms with Gasteiger partial charge in [-0.1, -0.05) is 31.2 Å². The first-order valence-electron chi connectivity index (χ1n) is 4.84. The lowest BCUT2D eigenvalue weighted by atomic mass is 10.2.